The third-order valence-electron chi connectivity index (χ3n) is 3.46. The van der Waals surface area contributed by atoms with E-state index in [0.717, 1.165) is 16.5 Å². The first-order valence-electron chi connectivity index (χ1n) is 7.70. The predicted molar refractivity (Wildman–Crippen MR) is 101 cm³/mol. The van der Waals surface area contributed by atoms with Crippen LogP contribution in [0.3, 0.4) is 0 Å². The van der Waals surface area contributed by atoms with Gasteiger partial charge in [-0.25, -0.2) is 9.97 Å². The SMILES string of the molecule is O=C(Nc1nccs1)c1ccc(OCc2nc(-c3ccco3)cs2)cc1. The molecular formula is C18H13N3O3S2. The maximum Gasteiger partial charge on any atom is 0.257 e. The van der Waals surface area contributed by atoms with Crippen LogP contribution in [0.1, 0.15) is 15.4 Å². The summed E-state index contributed by atoms with van der Waals surface area (Å²) in [5.41, 5.74) is 1.34. The van der Waals surface area contributed by atoms with Gasteiger partial charge in [0.2, 0.25) is 0 Å². The summed E-state index contributed by atoms with van der Waals surface area (Å²) < 4.78 is 11.1. The van der Waals surface area contributed by atoms with Crippen molar-refractivity contribution in [1.82, 2.24) is 9.97 Å². The van der Waals surface area contributed by atoms with Crippen molar-refractivity contribution in [2.75, 3.05) is 5.32 Å². The van der Waals surface area contributed by atoms with E-state index in [-0.39, 0.29) is 5.91 Å². The van der Waals surface area contributed by atoms with E-state index in [1.807, 2.05) is 22.9 Å². The summed E-state index contributed by atoms with van der Waals surface area (Å²) in [7, 11) is 0. The lowest BCUT2D eigenvalue weighted by atomic mass is 10.2. The summed E-state index contributed by atoms with van der Waals surface area (Å²) in [5, 5.41) is 7.91. The minimum atomic E-state index is -0.200. The molecule has 1 aromatic carbocycles. The zero-order valence-electron chi connectivity index (χ0n) is 13.4. The van der Waals surface area contributed by atoms with Gasteiger partial charge in [0, 0.05) is 22.5 Å². The number of aromatic nitrogens is 2. The minimum absolute atomic E-state index is 0.200. The number of carbonyl (C=O) groups excluding carboxylic acids is 1. The van der Waals surface area contributed by atoms with Crippen molar-refractivity contribution in [3.8, 4) is 17.2 Å². The van der Waals surface area contributed by atoms with Gasteiger partial charge in [0.1, 0.15) is 23.1 Å². The minimum Gasteiger partial charge on any atom is -0.486 e. The summed E-state index contributed by atoms with van der Waals surface area (Å²) in [6.45, 7) is 0.357. The van der Waals surface area contributed by atoms with E-state index in [1.165, 1.54) is 22.7 Å². The predicted octanol–water partition coefficient (Wildman–Crippen LogP) is 4.69. The van der Waals surface area contributed by atoms with E-state index in [0.29, 0.717) is 23.1 Å². The number of thiazole rings is 2. The van der Waals surface area contributed by atoms with Gasteiger partial charge in [-0.1, -0.05) is 0 Å². The van der Waals surface area contributed by atoms with Crippen LogP contribution in [0.15, 0.2) is 64.0 Å². The second kappa shape index (κ2) is 7.51. The Labute approximate surface area is 157 Å². The molecule has 26 heavy (non-hydrogen) atoms. The maximum atomic E-state index is 12.1. The Morgan fingerprint density at radius 3 is 2.81 bits per heavy atom. The van der Waals surface area contributed by atoms with Crippen LogP contribution in [-0.4, -0.2) is 15.9 Å². The standard InChI is InChI=1S/C18H13N3O3S2/c22-17(21-18-19-7-9-25-18)12-3-5-13(6-4-12)24-10-16-20-14(11-26-16)15-2-1-8-23-15/h1-9,11H,10H2,(H,19,21,22). The first-order chi connectivity index (χ1) is 12.8. The molecule has 8 heteroatoms. The van der Waals surface area contributed by atoms with Crippen LogP contribution in [0.5, 0.6) is 5.75 Å². The van der Waals surface area contributed by atoms with Gasteiger partial charge in [-0.15, -0.1) is 22.7 Å². The molecule has 0 aliphatic carbocycles. The molecule has 0 spiro atoms. The summed E-state index contributed by atoms with van der Waals surface area (Å²) in [6.07, 6.45) is 3.27. The maximum absolute atomic E-state index is 12.1. The molecule has 1 amide bonds. The fourth-order valence-electron chi connectivity index (χ4n) is 2.22. The van der Waals surface area contributed by atoms with Crippen molar-refractivity contribution in [2.24, 2.45) is 0 Å². The number of carbonyl (C=O) groups is 1. The van der Waals surface area contributed by atoms with Crippen molar-refractivity contribution in [2.45, 2.75) is 6.61 Å². The number of nitrogens with zero attached hydrogens (tertiary/aromatic N) is 2. The molecule has 0 atom stereocenters. The van der Waals surface area contributed by atoms with Crippen molar-refractivity contribution in [1.29, 1.82) is 0 Å². The van der Waals surface area contributed by atoms with Crippen molar-refractivity contribution in [3.05, 3.63) is 70.2 Å². The molecule has 4 rings (SSSR count). The molecule has 0 fully saturated rings. The first-order valence-corrected chi connectivity index (χ1v) is 9.46. The number of hydrogen-bond acceptors (Lipinski definition) is 7. The van der Waals surface area contributed by atoms with Gasteiger partial charge in [0.15, 0.2) is 10.9 Å². The smallest absolute Gasteiger partial charge is 0.257 e. The molecule has 0 unspecified atom stereocenters. The molecule has 0 aliphatic heterocycles. The molecule has 1 N–H and O–H groups in total. The van der Waals surface area contributed by atoms with Crippen molar-refractivity contribution < 1.29 is 13.9 Å². The quantitative estimate of drug-likeness (QED) is 0.523. The molecule has 3 aromatic heterocycles. The van der Waals surface area contributed by atoms with Gasteiger partial charge in [0.25, 0.3) is 5.91 Å². The highest BCUT2D eigenvalue weighted by molar-refractivity contribution is 7.13. The van der Waals surface area contributed by atoms with Crippen LogP contribution in [0.4, 0.5) is 5.13 Å². The zero-order chi connectivity index (χ0) is 17.8. The lowest BCUT2D eigenvalue weighted by Crippen LogP contribution is -2.11. The van der Waals surface area contributed by atoms with Crippen molar-refractivity contribution >= 4 is 33.7 Å². The number of ether oxygens (including phenoxy) is 1. The van der Waals surface area contributed by atoms with Gasteiger partial charge in [-0.3, -0.25) is 10.1 Å². The fraction of sp³-hybridized carbons (Fsp3) is 0.0556. The molecule has 6 nitrogen and oxygen atoms in total. The Balaban J connectivity index is 1.35. The molecule has 0 aliphatic rings. The molecule has 0 radical (unpaired) electrons. The van der Waals surface area contributed by atoms with Crippen LogP contribution < -0.4 is 10.1 Å². The summed E-state index contributed by atoms with van der Waals surface area (Å²) >= 11 is 2.89. The van der Waals surface area contributed by atoms with Gasteiger partial charge >= 0.3 is 0 Å². The topological polar surface area (TPSA) is 77.2 Å². The highest BCUT2D eigenvalue weighted by atomic mass is 32.1. The molecule has 0 bridgehead atoms. The van der Waals surface area contributed by atoms with Gasteiger partial charge in [-0.05, 0) is 36.4 Å². The van der Waals surface area contributed by atoms with Crippen molar-refractivity contribution in [3.63, 3.8) is 0 Å². The lowest BCUT2D eigenvalue weighted by molar-refractivity contribution is 0.102. The number of furan rings is 1. The molecule has 0 saturated carbocycles. The van der Waals surface area contributed by atoms with Crippen LogP contribution in [0.25, 0.3) is 11.5 Å². The van der Waals surface area contributed by atoms with E-state index < -0.39 is 0 Å². The summed E-state index contributed by atoms with van der Waals surface area (Å²) in [6, 6.07) is 10.7. The van der Waals surface area contributed by atoms with Crippen LogP contribution in [0.2, 0.25) is 0 Å². The normalized spacial score (nSPS) is 10.6. The number of rotatable bonds is 6. The number of hydrogen-bond donors (Lipinski definition) is 1. The summed E-state index contributed by atoms with van der Waals surface area (Å²) in [4.78, 5) is 20.6. The Morgan fingerprint density at radius 1 is 1.19 bits per heavy atom. The molecule has 4 aromatic rings. The van der Waals surface area contributed by atoms with Crippen LogP contribution in [-0.2, 0) is 6.61 Å². The lowest BCUT2D eigenvalue weighted by Gasteiger charge is -2.05. The van der Waals surface area contributed by atoms with E-state index in [9.17, 15) is 4.79 Å². The summed E-state index contributed by atoms with van der Waals surface area (Å²) in [5.74, 6) is 1.21. The number of nitrogens with one attached hydrogen (secondary N) is 1. The zero-order valence-corrected chi connectivity index (χ0v) is 15.0. The van der Waals surface area contributed by atoms with Gasteiger partial charge in [0.05, 0.1) is 6.26 Å². The number of benzene rings is 1. The number of amides is 1. The van der Waals surface area contributed by atoms with E-state index in [2.05, 4.69) is 15.3 Å². The van der Waals surface area contributed by atoms with Gasteiger partial charge in [-0.2, -0.15) is 0 Å². The molecule has 3 heterocycles. The van der Waals surface area contributed by atoms with E-state index in [4.69, 9.17) is 9.15 Å². The van der Waals surface area contributed by atoms with Crippen LogP contribution >= 0.6 is 22.7 Å². The molecular weight excluding hydrogens is 370 g/mol. The average Bonchev–Trinajstić information content (AvgIpc) is 3.41. The second-order valence-electron chi connectivity index (χ2n) is 5.21. The monoisotopic (exact) mass is 383 g/mol. The highest BCUT2D eigenvalue weighted by Gasteiger charge is 2.09. The van der Waals surface area contributed by atoms with E-state index >= 15 is 0 Å². The fourth-order valence-corrected chi connectivity index (χ4v) is 3.44. The van der Waals surface area contributed by atoms with Crippen LogP contribution in [0, 0.1) is 0 Å². The number of anilines is 1. The Bertz CT molecular complexity index is 977. The largest absolute Gasteiger partial charge is 0.486 e. The second-order valence-corrected chi connectivity index (χ2v) is 7.05. The first kappa shape index (κ1) is 16.5. The molecule has 0 saturated heterocycles. The van der Waals surface area contributed by atoms with Gasteiger partial charge < -0.3 is 9.15 Å². The Morgan fingerprint density at radius 2 is 2.08 bits per heavy atom. The molecule has 130 valence electrons. The third-order valence-corrected chi connectivity index (χ3v) is 4.97. The Hall–Kier alpha value is -2.97. The average molecular weight is 383 g/mol. The van der Waals surface area contributed by atoms with E-state index in [1.54, 1.807) is 36.7 Å². The highest BCUT2D eigenvalue weighted by Crippen LogP contribution is 2.23. The third kappa shape index (κ3) is 3.81. The Kier molecular flexibility index (Phi) is 4.76.